The molecule has 0 spiro atoms. The summed E-state index contributed by atoms with van der Waals surface area (Å²) in [4.78, 5) is 0. The Morgan fingerprint density at radius 2 is 1.50 bits per heavy atom. The van der Waals surface area contributed by atoms with Crippen LogP contribution in [0, 0.1) is 17.3 Å². The average Bonchev–Trinajstić information content (AvgIpc) is 2.05. The largest absolute Gasteiger partial charge is 0.330 e. The molecular weight excluding hydrogens is 170 g/mol. The highest BCUT2D eigenvalue weighted by Gasteiger charge is 2.20. The van der Waals surface area contributed by atoms with Crippen LogP contribution in [0.5, 0.6) is 0 Å². The fourth-order valence-electron chi connectivity index (χ4n) is 1.67. The number of hydrogen-bond acceptors (Lipinski definition) is 1. The maximum atomic E-state index is 5.59. The fraction of sp³-hybridized carbons (Fsp3) is 1.00. The summed E-state index contributed by atoms with van der Waals surface area (Å²) in [5.74, 6) is 1.57. The van der Waals surface area contributed by atoms with Crippen molar-refractivity contribution in [2.75, 3.05) is 6.54 Å². The summed E-state index contributed by atoms with van der Waals surface area (Å²) in [5.41, 5.74) is 6.03. The predicted molar refractivity (Wildman–Crippen MR) is 67.4 cm³/mol. The first kappa shape index (κ1) is 16.4. The van der Waals surface area contributed by atoms with E-state index in [4.69, 9.17) is 5.73 Å². The van der Waals surface area contributed by atoms with Gasteiger partial charge in [-0.2, -0.15) is 0 Å². The number of hydrogen-bond donors (Lipinski definition) is 1. The SMILES string of the molecule is CC.CC(C)C(CCN)CC(C)(C)C. The van der Waals surface area contributed by atoms with Crippen LogP contribution in [-0.4, -0.2) is 6.54 Å². The summed E-state index contributed by atoms with van der Waals surface area (Å²) < 4.78 is 0. The molecule has 0 aliphatic carbocycles. The van der Waals surface area contributed by atoms with Gasteiger partial charge in [0.2, 0.25) is 0 Å². The fourth-order valence-corrected chi connectivity index (χ4v) is 1.67. The van der Waals surface area contributed by atoms with Gasteiger partial charge in [0.05, 0.1) is 0 Å². The molecule has 1 atom stereocenters. The van der Waals surface area contributed by atoms with Gasteiger partial charge in [-0.05, 0) is 36.6 Å². The van der Waals surface area contributed by atoms with Gasteiger partial charge in [0, 0.05) is 0 Å². The van der Waals surface area contributed by atoms with Crippen molar-refractivity contribution in [3.8, 4) is 0 Å². The first-order valence-corrected chi connectivity index (χ1v) is 6.07. The highest BCUT2D eigenvalue weighted by Crippen LogP contribution is 2.30. The molecule has 0 aromatic rings. The molecule has 0 saturated heterocycles. The molecule has 14 heavy (non-hydrogen) atoms. The van der Waals surface area contributed by atoms with E-state index in [0.29, 0.717) is 5.41 Å². The topological polar surface area (TPSA) is 26.0 Å². The second kappa shape index (κ2) is 8.28. The Bertz CT molecular complexity index is 111. The second-order valence-electron chi connectivity index (χ2n) is 5.35. The van der Waals surface area contributed by atoms with Crippen molar-refractivity contribution < 1.29 is 0 Å². The molecule has 0 aromatic carbocycles. The summed E-state index contributed by atoms with van der Waals surface area (Å²) in [5, 5.41) is 0. The van der Waals surface area contributed by atoms with Gasteiger partial charge in [-0.1, -0.05) is 48.5 Å². The van der Waals surface area contributed by atoms with Gasteiger partial charge in [0.1, 0.15) is 0 Å². The van der Waals surface area contributed by atoms with Crippen molar-refractivity contribution in [1.29, 1.82) is 0 Å². The normalized spacial score (nSPS) is 13.5. The van der Waals surface area contributed by atoms with Crippen LogP contribution in [0.4, 0.5) is 0 Å². The van der Waals surface area contributed by atoms with E-state index < -0.39 is 0 Å². The van der Waals surface area contributed by atoms with E-state index in [2.05, 4.69) is 34.6 Å². The average molecular weight is 201 g/mol. The maximum absolute atomic E-state index is 5.59. The third kappa shape index (κ3) is 10.0. The molecule has 1 heteroatoms. The van der Waals surface area contributed by atoms with Crippen LogP contribution >= 0.6 is 0 Å². The smallest absolute Gasteiger partial charge is 0.00745 e. The van der Waals surface area contributed by atoms with Crippen molar-refractivity contribution >= 4 is 0 Å². The predicted octanol–water partition coefficient (Wildman–Crippen LogP) is 4.07. The summed E-state index contributed by atoms with van der Waals surface area (Å²) in [6, 6.07) is 0. The van der Waals surface area contributed by atoms with Crippen molar-refractivity contribution in [2.24, 2.45) is 23.0 Å². The minimum Gasteiger partial charge on any atom is -0.330 e. The van der Waals surface area contributed by atoms with Crippen LogP contribution in [0.15, 0.2) is 0 Å². The molecule has 0 bridgehead atoms. The molecule has 1 nitrogen and oxygen atoms in total. The molecule has 0 aliphatic heterocycles. The molecule has 0 rings (SSSR count). The Morgan fingerprint density at radius 1 is 1.07 bits per heavy atom. The monoisotopic (exact) mass is 201 g/mol. The molecule has 2 N–H and O–H groups in total. The van der Waals surface area contributed by atoms with Gasteiger partial charge in [0.25, 0.3) is 0 Å². The summed E-state index contributed by atoms with van der Waals surface area (Å²) in [6.07, 6.45) is 2.47. The van der Waals surface area contributed by atoms with Crippen LogP contribution in [0.1, 0.15) is 61.3 Å². The third-order valence-electron chi connectivity index (χ3n) is 2.35. The van der Waals surface area contributed by atoms with Crippen LogP contribution in [0.2, 0.25) is 0 Å². The van der Waals surface area contributed by atoms with Crippen molar-refractivity contribution in [2.45, 2.75) is 61.3 Å². The minimum absolute atomic E-state index is 0.449. The van der Waals surface area contributed by atoms with E-state index in [1.807, 2.05) is 13.8 Å². The molecule has 0 radical (unpaired) electrons. The van der Waals surface area contributed by atoms with E-state index in [1.165, 1.54) is 12.8 Å². The minimum atomic E-state index is 0.449. The van der Waals surface area contributed by atoms with E-state index in [9.17, 15) is 0 Å². The standard InChI is InChI=1S/C11H25N.C2H6/c1-9(2)10(6-7-12)8-11(3,4)5;1-2/h9-10H,6-8,12H2,1-5H3;1-2H3. The van der Waals surface area contributed by atoms with Gasteiger partial charge in [0.15, 0.2) is 0 Å². The van der Waals surface area contributed by atoms with Gasteiger partial charge < -0.3 is 5.73 Å². The highest BCUT2D eigenvalue weighted by atomic mass is 14.5. The summed E-state index contributed by atoms with van der Waals surface area (Å²) >= 11 is 0. The Labute approximate surface area is 91.5 Å². The van der Waals surface area contributed by atoms with Gasteiger partial charge in [-0.25, -0.2) is 0 Å². The molecule has 0 saturated carbocycles. The molecule has 0 amide bonds. The van der Waals surface area contributed by atoms with Gasteiger partial charge >= 0.3 is 0 Å². The lowest BCUT2D eigenvalue weighted by Gasteiger charge is -2.28. The second-order valence-corrected chi connectivity index (χ2v) is 5.35. The van der Waals surface area contributed by atoms with Crippen molar-refractivity contribution in [1.82, 2.24) is 0 Å². The van der Waals surface area contributed by atoms with Crippen LogP contribution in [0.25, 0.3) is 0 Å². The lowest BCUT2D eigenvalue weighted by Crippen LogP contribution is -2.20. The van der Waals surface area contributed by atoms with E-state index in [0.717, 1.165) is 18.4 Å². The Balaban J connectivity index is 0. The zero-order valence-electron chi connectivity index (χ0n) is 11.4. The zero-order chi connectivity index (χ0) is 11.8. The van der Waals surface area contributed by atoms with Crippen LogP contribution in [0.3, 0.4) is 0 Å². The zero-order valence-corrected chi connectivity index (χ0v) is 11.4. The van der Waals surface area contributed by atoms with E-state index in [-0.39, 0.29) is 0 Å². The molecule has 1 unspecified atom stereocenters. The molecule has 0 aliphatic rings. The molecular formula is C13H31N. The summed E-state index contributed by atoms with van der Waals surface area (Å²) in [6.45, 7) is 16.3. The number of rotatable bonds is 4. The molecule has 88 valence electrons. The van der Waals surface area contributed by atoms with Crippen molar-refractivity contribution in [3.05, 3.63) is 0 Å². The number of nitrogens with two attached hydrogens (primary N) is 1. The molecule has 0 aromatic heterocycles. The van der Waals surface area contributed by atoms with Crippen molar-refractivity contribution in [3.63, 3.8) is 0 Å². The first-order chi connectivity index (χ1) is 6.37. The maximum Gasteiger partial charge on any atom is -0.00745 e. The molecule has 0 heterocycles. The van der Waals surface area contributed by atoms with Gasteiger partial charge in [-0.15, -0.1) is 0 Å². The van der Waals surface area contributed by atoms with Crippen LogP contribution in [-0.2, 0) is 0 Å². The Kier molecular flexibility index (Phi) is 9.70. The van der Waals surface area contributed by atoms with Gasteiger partial charge in [-0.3, -0.25) is 0 Å². The quantitative estimate of drug-likeness (QED) is 0.729. The third-order valence-corrected chi connectivity index (χ3v) is 2.35. The lowest BCUT2D eigenvalue weighted by atomic mass is 9.78. The van der Waals surface area contributed by atoms with Crippen LogP contribution < -0.4 is 5.73 Å². The molecule has 0 fully saturated rings. The lowest BCUT2D eigenvalue weighted by molar-refractivity contribution is 0.233. The van der Waals surface area contributed by atoms with E-state index >= 15 is 0 Å². The van der Waals surface area contributed by atoms with E-state index in [1.54, 1.807) is 0 Å². The Morgan fingerprint density at radius 3 is 1.71 bits per heavy atom. The Hall–Kier alpha value is -0.0400. The summed E-state index contributed by atoms with van der Waals surface area (Å²) in [7, 11) is 0. The first-order valence-electron chi connectivity index (χ1n) is 6.07. The highest BCUT2D eigenvalue weighted by molar-refractivity contribution is 4.71.